The summed E-state index contributed by atoms with van der Waals surface area (Å²) in [6.07, 6.45) is 4.03. The lowest BCUT2D eigenvalue weighted by Gasteiger charge is -2.34. The van der Waals surface area contributed by atoms with Gasteiger partial charge in [0.2, 0.25) is 5.91 Å². The average molecular weight is 329 g/mol. The second kappa shape index (κ2) is 7.26. The maximum Gasteiger partial charge on any atom is 0.240 e. The normalized spacial score (nSPS) is 16.7. The SMILES string of the molecule is COc1ccc2c(ccn2CC(=O)NC2CCN(C(C)C)CC2)c1. The number of nitrogens with zero attached hydrogens (tertiary/aromatic N) is 2. The molecule has 0 bridgehead atoms. The van der Waals surface area contributed by atoms with Crippen molar-refractivity contribution in [2.75, 3.05) is 20.2 Å². The molecule has 5 nitrogen and oxygen atoms in total. The van der Waals surface area contributed by atoms with E-state index in [1.165, 1.54) is 0 Å². The lowest BCUT2D eigenvalue weighted by atomic mass is 10.0. The van der Waals surface area contributed by atoms with E-state index in [1.807, 2.05) is 35.0 Å². The van der Waals surface area contributed by atoms with E-state index < -0.39 is 0 Å². The van der Waals surface area contributed by atoms with Gasteiger partial charge in [0.25, 0.3) is 0 Å². The van der Waals surface area contributed by atoms with Crippen LogP contribution in [-0.2, 0) is 11.3 Å². The van der Waals surface area contributed by atoms with Gasteiger partial charge in [0.1, 0.15) is 12.3 Å². The molecule has 130 valence electrons. The van der Waals surface area contributed by atoms with Crippen LogP contribution in [0.5, 0.6) is 5.75 Å². The van der Waals surface area contributed by atoms with Gasteiger partial charge in [-0.05, 0) is 51.0 Å². The Bertz CT molecular complexity index is 700. The van der Waals surface area contributed by atoms with E-state index in [0.29, 0.717) is 18.6 Å². The van der Waals surface area contributed by atoms with Crippen LogP contribution in [0.1, 0.15) is 26.7 Å². The maximum atomic E-state index is 12.4. The van der Waals surface area contributed by atoms with Crippen LogP contribution >= 0.6 is 0 Å². The fraction of sp³-hybridized carbons (Fsp3) is 0.526. The summed E-state index contributed by atoms with van der Waals surface area (Å²) in [4.78, 5) is 14.9. The molecule has 1 fully saturated rings. The van der Waals surface area contributed by atoms with Crippen LogP contribution in [0, 0.1) is 0 Å². The zero-order valence-electron chi connectivity index (χ0n) is 14.8. The van der Waals surface area contributed by atoms with Crippen LogP contribution in [-0.4, -0.2) is 47.7 Å². The molecular weight excluding hydrogens is 302 g/mol. The van der Waals surface area contributed by atoms with E-state index in [0.717, 1.165) is 42.6 Å². The molecule has 0 unspecified atom stereocenters. The van der Waals surface area contributed by atoms with Crippen molar-refractivity contribution >= 4 is 16.8 Å². The Hall–Kier alpha value is -2.01. The number of benzene rings is 1. The van der Waals surface area contributed by atoms with Gasteiger partial charge in [-0.25, -0.2) is 0 Å². The molecule has 1 aromatic heterocycles. The Morgan fingerprint density at radius 1 is 1.29 bits per heavy atom. The largest absolute Gasteiger partial charge is 0.497 e. The molecule has 2 heterocycles. The highest BCUT2D eigenvalue weighted by Crippen LogP contribution is 2.21. The first-order valence-corrected chi connectivity index (χ1v) is 8.73. The first kappa shape index (κ1) is 16.8. The number of carbonyl (C=O) groups is 1. The number of nitrogens with one attached hydrogen (secondary N) is 1. The van der Waals surface area contributed by atoms with Crippen molar-refractivity contribution in [3.63, 3.8) is 0 Å². The summed E-state index contributed by atoms with van der Waals surface area (Å²) in [5, 5.41) is 4.28. The minimum Gasteiger partial charge on any atom is -0.497 e. The van der Waals surface area contributed by atoms with E-state index in [4.69, 9.17) is 4.74 Å². The molecule has 1 N–H and O–H groups in total. The summed E-state index contributed by atoms with van der Waals surface area (Å²) in [7, 11) is 1.66. The van der Waals surface area contributed by atoms with Gasteiger partial charge in [-0.3, -0.25) is 4.79 Å². The number of ether oxygens (including phenoxy) is 1. The summed E-state index contributed by atoms with van der Waals surface area (Å²) >= 11 is 0. The number of methoxy groups -OCH3 is 1. The first-order valence-electron chi connectivity index (χ1n) is 8.73. The molecule has 1 aromatic carbocycles. The van der Waals surface area contributed by atoms with Crippen molar-refractivity contribution in [2.45, 2.75) is 45.3 Å². The molecule has 1 amide bonds. The maximum absolute atomic E-state index is 12.4. The van der Waals surface area contributed by atoms with Crippen LogP contribution in [0.25, 0.3) is 10.9 Å². The van der Waals surface area contributed by atoms with Crippen molar-refractivity contribution in [2.24, 2.45) is 0 Å². The fourth-order valence-corrected chi connectivity index (χ4v) is 3.43. The van der Waals surface area contributed by atoms with E-state index in [2.05, 4.69) is 24.1 Å². The van der Waals surface area contributed by atoms with Crippen LogP contribution in [0.2, 0.25) is 0 Å². The predicted molar refractivity (Wildman–Crippen MR) is 96.4 cm³/mol. The molecule has 0 atom stereocenters. The number of hydrogen-bond donors (Lipinski definition) is 1. The van der Waals surface area contributed by atoms with E-state index in [9.17, 15) is 4.79 Å². The second-order valence-corrected chi connectivity index (χ2v) is 6.84. The smallest absolute Gasteiger partial charge is 0.240 e. The van der Waals surface area contributed by atoms with Crippen molar-refractivity contribution in [3.8, 4) is 5.75 Å². The van der Waals surface area contributed by atoms with Gasteiger partial charge in [0.15, 0.2) is 0 Å². The van der Waals surface area contributed by atoms with E-state index in [-0.39, 0.29) is 5.91 Å². The molecule has 0 radical (unpaired) electrons. The number of likely N-dealkylation sites (tertiary alicyclic amines) is 1. The molecule has 24 heavy (non-hydrogen) atoms. The Labute approximate surface area is 143 Å². The minimum atomic E-state index is 0.0892. The van der Waals surface area contributed by atoms with Crippen LogP contribution in [0.4, 0.5) is 0 Å². The summed E-state index contributed by atoms with van der Waals surface area (Å²) in [6.45, 7) is 6.94. The number of fused-ring (bicyclic) bond motifs is 1. The third-order valence-electron chi connectivity index (χ3n) is 4.92. The zero-order chi connectivity index (χ0) is 17.1. The van der Waals surface area contributed by atoms with Gasteiger partial charge >= 0.3 is 0 Å². The molecular formula is C19H27N3O2. The Morgan fingerprint density at radius 3 is 2.71 bits per heavy atom. The fourth-order valence-electron chi connectivity index (χ4n) is 3.43. The first-order chi connectivity index (χ1) is 11.6. The highest BCUT2D eigenvalue weighted by Gasteiger charge is 2.22. The standard InChI is InChI=1S/C19H27N3O2/c1-14(2)21-10-7-16(8-11-21)20-19(23)13-22-9-6-15-12-17(24-3)4-5-18(15)22/h4-6,9,12,14,16H,7-8,10-11,13H2,1-3H3,(H,20,23). The zero-order valence-corrected chi connectivity index (χ0v) is 14.8. The van der Waals surface area contributed by atoms with Crippen LogP contribution in [0.3, 0.4) is 0 Å². The highest BCUT2D eigenvalue weighted by atomic mass is 16.5. The molecule has 1 aliphatic rings. The van der Waals surface area contributed by atoms with Crippen LogP contribution in [0.15, 0.2) is 30.5 Å². The predicted octanol–water partition coefficient (Wildman–Crippen LogP) is 2.64. The van der Waals surface area contributed by atoms with Gasteiger partial charge in [-0.2, -0.15) is 0 Å². The van der Waals surface area contributed by atoms with Crippen molar-refractivity contribution in [3.05, 3.63) is 30.5 Å². The van der Waals surface area contributed by atoms with Gasteiger partial charge in [0, 0.05) is 42.3 Å². The minimum absolute atomic E-state index is 0.0892. The number of hydrogen-bond acceptors (Lipinski definition) is 3. The molecule has 0 aliphatic carbocycles. The molecule has 0 saturated carbocycles. The number of amides is 1. The quantitative estimate of drug-likeness (QED) is 0.917. The Kier molecular flexibility index (Phi) is 5.09. The number of piperidine rings is 1. The van der Waals surface area contributed by atoms with E-state index >= 15 is 0 Å². The summed E-state index contributed by atoms with van der Waals surface area (Å²) in [5.41, 5.74) is 1.06. The van der Waals surface area contributed by atoms with Gasteiger partial charge < -0.3 is 19.5 Å². The van der Waals surface area contributed by atoms with Crippen LogP contribution < -0.4 is 10.1 Å². The molecule has 3 rings (SSSR count). The van der Waals surface area contributed by atoms with Gasteiger partial charge in [0.05, 0.1) is 7.11 Å². The monoisotopic (exact) mass is 329 g/mol. The second-order valence-electron chi connectivity index (χ2n) is 6.84. The molecule has 1 aliphatic heterocycles. The number of rotatable bonds is 5. The Balaban J connectivity index is 1.58. The third kappa shape index (κ3) is 3.73. The number of carbonyl (C=O) groups excluding carboxylic acids is 1. The highest BCUT2D eigenvalue weighted by molar-refractivity contribution is 5.84. The van der Waals surface area contributed by atoms with Gasteiger partial charge in [-0.15, -0.1) is 0 Å². The molecule has 2 aromatic rings. The molecule has 1 saturated heterocycles. The lowest BCUT2D eigenvalue weighted by molar-refractivity contribution is -0.122. The number of aromatic nitrogens is 1. The molecule has 0 spiro atoms. The summed E-state index contributed by atoms with van der Waals surface area (Å²) in [6, 6.07) is 8.83. The Morgan fingerprint density at radius 2 is 2.04 bits per heavy atom. The molecule has 5 heteroatoms. The third-order valence-corrected chi connectivity index (χ3v) is 4.92. The van der Waals surface area contributed by atoms with Gasteiger partial charge in [-0.1, -0.05) is 0 Å². The summed E-state index contributed by atoms with van der Waals surface area (Å²) in [5.74, 6) is 0.924. The van der Waals surface area contributed by atoms with Crippen molar-refractivity contribution in [1.29, 1.82) is 0 Å². The lowest BCUT2D eigenvalue weighted by Crippen LogP contribution is -2.47. The average Bonchev–Trinajstić information content (AvgIpc) is 2.97. The summed E-state index contributed by atoms with van der Waals surface area (Å²) < 4.78 is 7.24. The van der Waals surface area contributed by atoms with Crippen molar-refractivity contribution < 1.29 is 9.53 Å². The van der Waals surface area contributed by atoms with E-state index in [1.54, 1.807) is 7.11 Å². The van der Waals surface area contributed by atoms with Crippen molar-refractivity contribution in [1.82, 2.24) is 14.8 Å². The topological polar surface area (TPSA) is 46.5 Å².